The van der Waals surface area contributed by atoms with Gasteiger partial charge in [0.1, 0.15) is 10.0 Å². The minimum Gasteiger partial charge on any atom is -0.337 e. The molecule has 0 spiro atoms. The zero-order chi connectivity index (χ0) is 26.0. The van der Waals surface area contributed by atoms with Crippen molar-refractivity contribution in [2.24, 2.45) is 0 Å². The number of fused-ring (bicyclic) bond motifs is 2. The molecule has 1 aliphatic heterocycles. The second kappa shape index (κ2) is 10.7. The van der Waals surface area contributed by atoms with Crippen LogP contribution in [-0.2, 0) is 38.1 Å². The van der Waals surface area contributed by atoms with E-state index in [0.717, 1.165) is 36.8 Å². The second-order valence-corrected chi connectivity index (χ2v) is 13.4. The van der Waals surface area contributed by atoms with E-state index in [0.29, 0.717) is 24.5 Å². The van der Waals surface area contributed by atoms with Crippen LogP contribution in [0, 0.1) is 0 Å². The van der Waals surface area contributed by atoms with Crippen molar-refractivity contribution in [3.8, 4) is 10.6 Å². The highest BCUT2D eigenvalue weighted by Gasteiger charge is 2.28. The average molecular weight is 554 g/mol. The molecule has 5 rings (SSSR count). The number of rotatable bonds is 8. The van der Waals surface area contributed by atoms with E-state index >= 15 is 0 Å². The number of carbonyl (C=O) groups is 2. The van der Waals surface area contributed by atoms with E-state index < -0.39 is 9.84 Å². The van der Waals surface area contributed by atoms with Crippen LogP contribution in [-0.4, -0.2) is 42.4 Å². The van der Waals surface area contributed by atoms with Gasteiger partial charge in [0.05, 0.1) is 28.3 Å². The van der Waals surface area contributed by atoms with Crippen LogP contribution in [0.25, 0.3) is 20.8 Å². The molecule has 7 nitrogen and oxygen atoms in total. The van der Waals surface area contributed by atoms with Crippen molar-refractivity contribution in [3.63, 3.8) is 0 Å². The van der Waals surface area contributed by atoms with Crippen LogP contribution in [0.3, 0.4) is 0 Å². The van der Waals surface area contributed by atoms with Gasteiger partial charge in [-0.05, 0) is 36.1 Å². The van der Waals surface area contributed by atoms with E-state index in [1.54, 1.807) is 30.4 Å². The number of amides is 2. The van der Waals surface area contributed by atoms with Crippen molar-refractivity contribution in [3.05, 3.63) is 70.6 Å². The van der Waals surface area contributed by atoms with Crippen LogP contribution in [0.4, 0.5) is 5.00 Å². The lowest BCUT2D eigenvalue weighted by atomic mass is 10.0. The van der Waals surface area contributed by atoms with E-state index in [2.05, 4.69) is 5.32 Å². The molecule has 37 heavy (non-hydrogen) atoms. The normalized spacial score (nSPS) is 13.5. The molecule has 0 unspecified atom stereocenters. The number of nitrogens with one attached hydrogen (secondary N) is 1. The lowest BCUT2D eigenvalue weighted by Gasteiger charge is -2.26. The number of benzene rings is 2. The summed E-state index contributed by atoms with van der Waals surface area (Å²) in [6.07, 6.45) is 1.06. The highest BCUT2D eigenvalue weighted by molar-refractivity contribution is 7.90. The van der Waals surface area contributed by atoms with E-state index in [9.17, 15) is 18.0 Å². The first-order valence-electron chi connectivity index (χ1n) is 12.1. The Morgan fingerprint density at radius 3 is 2.57 bits per heavy atom. The molecule has 4 aromatic rings. The molecule has 1 N–H and O–H groups in total. The lowest BCUT2D eigenvalue weighted by molar-refractivity contribution is -0.129. The predicted octanol–water partition coefficient (Wildman–Crippen LogP) is 5.26. The minimum absolute atomic E-state index is 0.0263. The zero-order valence-electron chi connectivity index (χ0n) is 20.4. The van der Waals surface area contributed by atoms with Gasteiger partial charge in [-0.2, -0.15) is 0 Å². The number of nitrogens with zero attached hydrogens (tertiary/aromatic N) is 2. The highest BCUT2D eigenvalue weighted by atomic mass is 32.2. The molecule has 1 aliphatic rings. The fraction of sp³-hybridized carbons (Fsp3) is 0.296. The van der Waals surface area contributed by atoms with Crippen molar-refractivity contribution in [2.75, 3.05) is 17.6 Å². The minimum atomic E-state index is -3.31. The standard InChI is InChI=1S/C27H27N3O4S3/c1-18(31)30-14-13-20-23(16-30)36-27(25(20)26-28-21-10-5-6-11-22(21)35-26)29-24(32)12-7-15-37(33,34)17-19-8-3-2-4-9-19/h2-6,8-11H,7,12-17H2,1H3,(H,29,32). The third-order valence-corrected chi connectivity index (χ3v) is 10.2. The summed E-state index contributed by atoms with van der Waals surface area (Å²) < 4.78 is 26.1. The predicted molar refractivity (Wildman–Crippen MR) is 150 cm³/mol. The van der Waals surface area contributed by atoms with Gasteiger partial charge in [-0.3, -0.25) is 9.59 Å². The molecule has 2 aromatic heterocycles. The van der Waals surface area contributed by atoms with Gasteiger partial charge in [-0.25, -0.2) is 13.4 Å². The van der Waals surface area contributed by atoms with Crippen molar-refractivity contribution in [1.29, 1.82) is 0 Å². The van der Waals surface area contributed by atoms with Gasteiger partial charge in [-0.15, -0.1) is 22.7 Å². The quantitative estimate of drug-likeness (QED) is 0.321. The van der Waals surface area contributed by atoms with Crippen LogP contribution in [0.5, 0.6) is 0 Å². The molecule has 0 saturated heterocycles. The number of anilines is 1. The van der Waals surface area contributed by atoms with Gasteiger partial charge >= 0.3 is 0 Å². The van der Waals surface area contributed by atoms with Gasteiger partial charge in [0, 0.05) is 30.3 Å². The lowest BCUT2D eigenvalue weighted by Crippen LogP contribution is -2.33. The van der Waals surface area contributed by atoms with E-state index in [4.69, 9.17) is 4.98 Å². The summed E-state index contributed by atoms with van der Waals surface area (Å²) in [6, 6.07) is 17.0. The summed E-state index contributed by atoms with van der Waals surface area (Å²) in [6.45, 7) is 2.71. The smallest absolute Gasteiger partial charge is 0.225 e. The van der Waals surface area contributed by atoms with E-state index in [-0.39, 0.29) is 36.2 Å². The Labute approximate surface area is 224 Å². The molecule has 3 heterocycles. The van der Waals surface area contributed by atoms with Crippen LogP contribution < -0.4 is 5.32 Å². The second-order valence-electron chi connectivity index (χ2n) is 9.11. The maximum atomic E-state index is 12.9. The molecule has 0 radical (unpaired) electrons. The number of carbonyl (C=O) groups excluding carboxylic acids is 2. The van der Waals surface area contributed by atoms with Gasteiger partial charge in [-0.1, -0.05) is 42.5 Å². The highest BCUT2D eigenvalue weighted by Crippen LogP contribution is 2.45. The summed E-state index contributed by atoms with van der Waals surface area (Å²) in [5.41, 5.74) is 3.71. The summed E-state index contributed by atoms with van der Waals surface area (Å²) in [4.78, 5) is 32.6. The third-order valence-electron chi connectivity index (χ3n) is 6.35. The Kier molecular flexibility index (Phi) is 7.41. The molecule has 0 bridgehead atoms. The number of hydrogen-bond acceptors (Lipinski definition) is 7. The Morgan fingerprint density at radius 2 is 1.81 bits per heavy atom. The van der Waals surface area contributed by atoms with Gasteiger partial charge in [0.15, 0.2) is 9.84 Å². The Hall–Kier alpha value is -3.08. The number of thiazole rings is 1. The maximum absolute atomic E-state index is 12.9. The molecule has 2 amide bonds. The number of thiophene rings is 1. The molecule has 0 saturated carbocycles. The Morgan fingerprint density at radius 1 is 1.05 bits per heavy atom. The van der Waals surface area contributed by atoms with Crippen LogP contribution in [0.2, 0.25) is 0 Å². The molecule has 2 aromatic carbocycles. The Bertz CT molecular complexity index is 1530. The summed E-state index contributed by atoms with van der Waals surface area (Å²) in [7, 11) is -3.31. The van der Waals surface area contributed by atoms with Crippen LogP contribution >= 0.6 is 22.7 Å². The molecular formula is C27H27N3O4S3. The molecule has 0 atom stereocenters. The van der Waals surface area contributed by atoms with Gasteiger partial charge in [0.25, 0.3) is 0 Å². The fourth-order valence-electron chi connectivity index (χ4n) is 4.51. The summed E-state index contributed by atoms with van der Waals surface area (Å²) in [5, 5.41) is 4.60. The molecule has 0 aliphatic carbocycles. The van der Waals surface area contributed by atoms with Crippen molar-refractivity contribution < 1.29 is 18.0 Å². The SMILES string of the molecule is CC(=O)N1CCc2c(sc(NC(=O)CCCS(=O)(=O)Cc3ccccc3)c2-c2nc3ccccc3s2)C1. The van der Waals surface area contributed by atoms with Crippen LogP contribution in [0.15, 0.2) is 54.6 Å². The fourth-order valence-corrected chi connectivity index (χ4v) is 8.33. The summed E-state index contributed by atoms with van der Waals surface area (Å²) >= 11 is 3.06. The topological polar surface area (TPSA) is 96.4 Å². The van der Waals surface area contributed by atoms with Gasteiger partial charge < -0.3 is 10.2 Å². The third kappa shape index (κ3) is 5.92. The molecular weight excluding hydrogens is 527 g/mol. The molecule has 10 heteroatoms. The van der Waals surface area contributed by atoms with E-state index in [1.807, 2.05) is 47.4 Å². The number of para-hydroxylation sites is 1. The van der Waals surface area contributed by atoms with Crippen molar-refractivity contribution >= 4 is 59.5 Å². The first-order chi connectivity index (χ1) is 17.8. The molecule has 0 fully saturated rings. The average Bonchev–Trinajstić information content (AvgIpc) is 3.44. The first kappa shape index (κ1) is 25.6. The monoisotopic (exact) mass is 553 g/mol. The van der Waals surface area contributed by atoms with Crippen molar-refractivity contribution in [1.82, 2.24) is 9.88 Å². The number of hydrogen-bond donors (Lipinski definition) is 1. The Balaban J connectivity index is 1.33. The van der Waals surface area contributed by atoms with Crippen LogP contribution in [0.1, 0.15) is 35.8 Å². The van der Waals surface area contributed by atoms with E-state index in [1.165, 1.54) is 11.3 Å². The first-order valence-corrected chi connectivity index (χ1v) is 15.5. The van der Waals surface area contributed by atoms with Gasteiger partial charge in [0.2, 0.25) is 11.8 Å². The summed E-state index contributed by atoms with van der Waals surface area (Å²) in [5.74, 6) is -0.266. The largest absolute Gasteiger partial charge is 0.337 e. The number of sulfone groups is 1. The van der Waals surface area contributed by atoms with Crippen molar-refractivity contribution in [2.45, 2.75) is 38.5 Å². The molecule has 192 valence electrons. The number of aromatic nitrogens is 1. The zero-order valence-corrected chi connectivity index (χ0v) is 22.8. The maximum Gasteiger partial charge on any atom is 0.225 e.